The van der Waals surface area contributed by atoms with E-state index in [1.807, 2.05) is 16.9 Å². The number of hydrogen-bond acceptors (Lipinski definition) is 4. The summed E-state index contributed by atoms with van der Waals surface area (Å²) in [6.07, 6.45) is 6.42. The van der Waals surface area contributed by atoms with E-state index in [0.29, 0.717) is 5.92 Å². The second-order valence-corrected chi connectivity index (χ2v) is 6.34. The molecule has 5 heteroatoms. The van der Waals surface area contributed by atoms with Crippen LogP contribution >= 0.6 is 0 Å². The van der Waals surface area contributed by atoms with Crippen molar-refractivity contribution >= 4 is 0 Å². The first-order valence-electron chi connectivity index (χ1n) is 8.61. The third kappa shape index (κ3) is 3.12. The molecule has 4 rings (SSSR count). The van der Waals surface area contributed by atoms with Crippen LogP contribution in [0.2, 0.25) is 0 Å². The van der Waals surface area contributed by atoms with Crippen LogP contribution in [-0.4, -0.2) is 21.5 Å². The highest BCUT2D eigenvalue weighted by Crippen LogP contribution is 2.45. The summed E-state index contributed by atoms with van der Waals surface area (Å²) in [6.45, 7) is 4.51. The lowest BCUT2D eigenvalue weighted by Gasteiger charge is -2.03. The Morgan fingerprint density at radius 2 is 2.08 bits per heavy atom. The number of nitrogens with zero attached hydrogens (tertiary/aromatic N) is 3. The van der Waals surface area contributed by atoms with Gasteiger partial charge in [-0.05, 0) is 24.9 Å². The van der Waals surface area contributed by atoms with Crippen LogP contribution in [-0.2, 0) is 13.1 Å². The van der Waals surface area contributed by atoms with Gasteiger partial charge < -0.3 is 9.84 Å². The Labute approximate surface area is 141 Å². The fourth-order valence-electron chi connectivity index (χ4n) is 2.98. The summed E-state index contributed by atoms with van der Waals surface area (Å²) in [5.74, 6) is 1.56. The van der Waals surface area contributed by atoms with E-state index in [2.05, 4.69) is 53.0 Å². The summed E-state index contributed by atoms with van der Waals surface area (Å²) < 4.78 is 7.65. The molecule has 1 saturated carbocycles. The van der Waals surface area contributed by atoms with Crippen molar-refractivity contribution in [3.05, 3.63) is 59.7 Å². The molecule has 0 amide bonds. The lowest BCUT2D eigenvalue weighted by Crippen LogP contribution is -2.12. The molecule has 1 fully saturated rings. The average Bonchev–Trinajstić information content (AvgIpc) is 3.21. The molecule has 1 aromatic carbocycles. The van der Waals surface area contributed by atoms with Crippen LogP contribution in [0.1, 0.15) is 42.7 Å². The minimum absolute atomic E-state index is 0.528. The summed E-state index contributed by atoms with van der Waals surface area (Å²) in [4.78, 5) is 0. The van der Waals surface area contributed by atoms with Gasteiger partial charge in [-0.1, -0.05) is 42.4 Å². The maximum Gasteiger partial charge on any atom is 0.148 e. The molecule has 0 bridgehead atoms. The van der Waals surface area contributed by atoms with Gasteiger partial charge in [0.25, 0.3) is 0 Å². The second kappa shape index (κ2) is 6.61. The van der Waals surface area contributed by atoms with E-state index in [0.717, 1.165) is 42.2 Å². The van der Waals surface area contributed by atoms with Crippen LogP contribution in [0, 0.1) is 0 Å². The van der Waals surface area contributed by atoms with Gasteiger partial charge in [0.05, 0.1) is 18.3 Å². The minimum atomic E-state index is 0.528. The van der Waals surface area contributed by atoms with E-state index >= 15 is 0 Å². The van der Waals surface area contributed by atoms with Crippen molar-refractivity contribution in [2.45, 2.75) is 38.8 Å². The van der Waals surface area contributed by atoms with Crippen molar-refractivity contribution in [2.24, 2.45) is 0 Å². The van der Waals surface area contributed by atoms with E-state index < -0.39 is 0 Å². The van der Waals surface area contributed by atoms with Gasteiger partial charge in [0.15, 0.2) is 0 Å². The summed E-state index contributed by atoms with van der Waals surface area (Å²) in [5.41, 5.74) is 4.46. The van der Waals surface area contributed by atoms with Crippen molar-refractivity contribution in [3.63, 3.8) is 0 Å². The third-order valence-electron chi connectivity index (χ3n) is 4.39. The molecule has 2 aromatic heterocycles. The Morgan fingerprint density at radius 3 is 2.83 bits per heavy atom. The summed E-state index contributed by atoms with van der Waals surface area (Å²) in [5, 5.41) is 12.2. The van der Waals surface area contributed by atoms with Gasteiger partial charge >= 0.3 is 0 Å². The normalized spacial score (nSPS) is 14.2. The molecule has 3 aromatic rings. The molecule has 1 N–H and O–H groups in total. The first kappa shape index (κ1) is 15.1. The largest absolute Gasteiger partial charge is 0.360 e. The average molecular weight is 322 g/mol. The zero-order valence-corrected chi connectivity index (χ0v) is 13.9. The van der Waals surface area contributed by atoms with Crippen molar-refractivity contribution in [1.29, 1.82) is 0 Å². The van der Waals surface area contributed by atoms with Gasteiger partial charge in [-0.15, -0.1) is 0 Å². The highest BCUT2D eigenvalue weighted by atomic mass is 16.5. The molecule has 124 valence electrons. The van der Waals surface area contributed by atoms with Gasteiger partial charge in [-0.2, -0.15) is 5.10 Å². The van der Waals surface area contributed by atoms with Crippen molar-refractivity contribution in [2.75, 3.05) is 6.54 Å². The molecule has 24 heavy (non-hydrogen) atoms. The van der Waals surface area contributed by atoms with Crippen LogP contribution in [0.25, 0.3) is 11.1 Å². The van der Waals surface area contributed by atoms with Crippen LogP contribution < -0.4 is 5.32 Å². The molecule has 2 heterocycles. The lowest BCUT2D eigenvalue weighted by atomic mass is 10.0. The van der Waals surface area contributed by atoms with Crippen molar-refractivity contribution in [3.8, 4) is 11.1 Å². The Morgan fingerprint density at radius 1 is 1.25 bits per heavy atom. The molecular formula is C19H22N4O. The van der Waals surface area contributed by atoms with E-state index in [9.17, 15) is 0 Å². The monoisotopic (exact) mass is 322 g/mol. The Bertz CT molecular complexity index is 802. The van der Waals surface area contributed by atoms with Crippen molar-refractivity contribution in [1.82, 2.24) is 20.3 Å². The topological polar surface area (TPSA) is 55.9 Å². The Balaban J connectivity index is 1.62. The first-order valence-corrected chi connectivity index (χ1v) is 8.61. The first-order chi connectivity index (χ1) is 11.8. The van der Waals surface area contributed by atoms with Crippen LogP contribution in [0.4, 0.5) is 0 Å². The highest BCUT2D eigenvalue weighted by molar-refractivity contribution is 5.67. The van der Waals surface area contributed by atoms with Crippen molar-refractivity contribution < 1.29 is 4.52 Å². The molecule has 0 radical (unpaired) electrons. The lowest BCUT2D eigenvalue weighted by molar-refractivity contribution is 0.377. The number of nitrogens with one attached hydrogen (secondary N) is 1. The summed E-state index contributed by atoms with van der Waals surface area (Å²) >= 11 is 0. The smallest absolute Gasteiger partial charge is 0.148 e. The predicted molar refractivity (Wildman–Crippen MR) is 92.6 cm³/mol. The summed E-state index contributed by atoms with van der Waals surface area (Å²) in [6, 6.07) is 10.4. The van der Waals surface area contributed by atoms with Gasteiger partial charge in [0.1, 0.15) is 11.5 Å². The van der Waals surface area contributed by atoms with E-state index in [4.69, 9.17) is 4.52 Å². The molecule has 0 atom stereocenters. The van der Waals surface area contributed by atoms with Gasteiger partial charge in [-0.3, -0.25) is 4.68 Å². The molecule has 1 aliphatic rings. The number of benzene rings is 1. The molecule has 5 nitrogen and oxygen atoms in total. The molecule has 0 spiro atoms. The predicted octanol–water partition coefficient (Wildman–Crippen LogP) is 3.57. The molecular weight excluding hydrogens is 300 g/mol. The quantitative estimate of drug-likeness (QED) is 0.722. The Kier molecular flexibility index (Phi) is 4.17. The highest BCUT2D eigenvalue weighted by Gasteiger charge is 2.33. The van der Waals surface area contributed by atoms with Gasteiger partial charge in [0.2, 0.25) is 0 Å². The van der Waals surface area contributed by atoms with Crippen LogP contribution in [0.5, 0.6) is 0 Å². The number of hydrogen-bond donors (Lipinski definition) is 1. The van der Waals surface area contributed by atoms with E-state index in [1.54, 1.807) is 0 Å². The maximum absolute atomic E-state index is 5.67. The Hall–Kier alpha value is -2.40. The number of rotatable bonds is 7. The molecule has 1 aliphatic carbocycles. The van der Waals surface area contributed by atoms with E-state index in [1.165, 1.54) is 18.4 Å². The number of aromatic nitrogens is 3. The van der Waals surface area contributed by atoms with Gasteiger partial charge in [0, 0.05) is 24.2 Å². The van der Waals surface area contributed by atoms with Gasteiger partial charge in [-0.25, -0.2) is 0 Å². The fourth-order valence-corrected chi connectivity index (χ4v) is 2.98. The standard InChI is InChI=1S/C19H22N4O/c1-2-20-11-17-18(19(24-22-17)15-8-9-15)16-10-21-23(13-16)12-14-6-4-3-5-7-14/h3-7,10,13,15,20H,2,8-9,11-12H2,1H3. The second-order valence-electron chi connectivity index (χ2n) is 6.34. The van der Waals surface area contributed by atoms with E-state index in [-0.39, 0.29) is 0 Å². The maximum atomic E-state index is 5.67. The fraction of sp³-hybridized carbons (Fsp3) is 0.368. The summed E-state index contributed by atoms with van der Waals surface area (Å²) in [7, 11) is 0. The molecule has 0 aliphatic heterocycles. The van der Waals surface area contributed by atoms with Crippen LogP contribution in [0.3, 0.4) is 0 Å². The molecule has 0 saturated heterocycles. The third-order valence-corrected chi connectivity index (χ3v) is 4.39. The zero-order chi connectivity index (χ0) is 16.4. The van der Waals surface area contributed by atoms with Crippen LogP contribution in [0.15, 0.2) is 47.2 Å². The minimum Gasteiger partial charge on any atom is -0.360 e. The SMILES string of the molecule is CCNCc1noc(C2CC2)c1-c1cnn(Cc2ccccc2)c1. The molecule has 0 unspecified atom stereocenters. The zero-order valence-electron chi connectivity index (χ0n) is 13.9.